The number of halogens is 1. The van der Waals surface area contributed by atoms with E-state index >= 15 is 0 Å². The number of hydrogen-bond acceptors (Lipinski definition) is 3. The van der Waals surface area contributed by atoms with Gasteiger partial charge in [-0.15, -0.1) is 24.0 Å². The van der Waals surface area contributed by atoms with Gasteiger partial charge in [-0.3, -0.25) is 14.9 Å². The van der Waals surface area contributed by atoms with E-state index in [4.69, 9.17) is 0 Å². The second kappa shape index (κ2) is 12.0. The van der Waals surface area contributed by atoms with E-state index in [1.807, 2.05) is 19.4 Å². The Morgan fingerprint density at radius 2 is 2.04 bits per heavy atom. The maximum absolute atomic E-state index is 4.38. The molecule has 3 rings (SSSR count). The summed E-state index contributed by atoms with van der Waals surface area (Å²) in [6, 6.07) is 13.4. The number of nitrogens with zero attached hydrogens (tertiary/aromatic N) is 3. The minimum atomic E-state index is 0. The third kappa shape index (κ3) is 6.74. The molecule has 152 valence electrons. The van der Waals surface area contributed by atoms with Gasteiger partial charge in [0.1, 0.15) is 0 Å². The average molecular weight is 493 g/mol. The Labute approximate surface area is 186 Å². The number of aromatic nitrogens is 1. The van der Waals surface area contributed by atoms with Crippen LogP contribution in [0.3, 0.4) is 0 Å². The minimum absolute atomic E-state index is 0. The van der Waals surface area contributed by atoms with Crippen molar-refractivity contribution in [3.63, 3.8) is 0 Å². The summed E-state index contributed by atoms with van der Waals surface area (Å²) in [4.78, 5) is 11.1. The summed E-state index contributed by atoms with van der Waals surface area (Å²) in [5, 5.41) is 6.95. The SMILES string of the molecule is CN=C(NCCc1ccncc1C)NCC1CCCN1Cc1ccccc1.I. The molecule has 1 aliphatic heterocycles. The van der Waals surface area contributed by atoms with Gasteiger partial charge >= 0.3 is 0 Å². The summed E-state index contributed by atoms with van der Waals surface area (Å²) in [6.07, 6.45) is 7.26. The number of benzene rings is 1. The van der Waals surface area contributed by atoms with Gasteiger partial charge < -0.3 is 10.6 Å². The van der Waals surface area contributed by atoms with Crippen molar-refractivity contribution in [3.05, 3.63) is 65.5 Å². The van der Waals surface area contributed by atoms with Crippen molar-refractivity contribution in [2.45, 2.75) is 38.8 Å². The van der Waals surface area contributed by atoms with Gasteiger partial charge in [0.25, 0.3) is 0 Å². The Kier molecular flexibility index (Phi) is 9.70. The summed E-state index contributed by atoms with van der Waals surface area (Å²) in [7, 11) is 1.84. The van der Waals surface area contributed by atoms with Crippen molar-refractivity contribution in [1.82, 2.24) is 20.5 Å². The van der Waals surface area contributed by atoms with Crippen molar-refractivity contribution in [1.29, 1.82) is 0 Å². The first-order chi connectivity index (χ1) is 13.3. The molecule has 0 spiro atoms. The van der Waals surface area contributed by atoms with Gasteiger partial charge in [0.15, 0.2) is 5.96 Å². The van der Waals surface area contributed by atoms with Gasteiger partial charge in [-0.25, -0.2) is 0 Å². The monoisotopic (exact) mass is 493 g/mol. The van der Waals surface area contributed by atoms with Crippen LogP contribution in [0.2, 0.25) is 0 Å². The van der Waals surface area contributed by atoms with Crippen LogP contribution < -0.4 is 10.6 Å². The van der Waals surface area contributed by atoms with Crippen LogP contribution >= 0.6 is 24.0 Å². The van der Waals surface area contributed by atoms with Gasteiger partial charge in [-0.2, -0.15) is 0 Å². The summed E-state index contributed by atoms with van der Waals surface area (Å²) in [6.45, 7) is 6.11. The van der Waals surface area contributed by atoms with Crippen LogP contribution in [0.1, 0.15) is 29.5 Å². The normalized spacial score (nSPS) is 17.2. The molecule has 0 amide bonds. The standard InChI is InChI=1S/C22H31N5.HI/c1-18-15-24-12-10-20(18)11-13-25-22(23-2)26-16-21-9-6-14-27(21)17-19-7-4-3-5-8-19;/h3-5,7-8,10,12,15,21H,6,9,11,13-14,16-17H2,1-2H3,(H2,23,25,26);1H. The smallest absolute Gasteiger partial charge is 0.191 e. The van der Waals surface area contributed by atoms with Crippen LogP contribution in [0, 0.1) is 6.92 Å². The Morgan fingerprint density at radius 1 is 1.21 bits per heavy atom. The summed E-state index contributed by atoms with van der Waals surface area (Å²) < 4.78 is 0. The maximum Gasteiger partial charge on any atom is 0.191 e. The molecule has 0 radical (unpaired) electrons. The highest BCUT2D eigenvalue weighted by atomic mass is 127. The molecule has 1 aromatic carbocycles. The van der Waals surface area contributed by atoms with Gasteiger partial charge in [-0.05, 0) is 55.5 Å². The number of nitrogens with one attached hydrogen (secondary N) is 2. The van der Waals surface area contributed by atoms with Crippen LogP contribution in [0.15, 0.2) is 53.8 Å². The van der Waals surface area contributed by atoms with Crippen molar-refractivity contribution in [3.8, 4) is 0 Å². The lowest BCUT2D eigenvalue weighted by atomic mass is 10.1. The third-order valence-corrected chi connectivity index (χ3v) is 5.28. The summed E-state index contributed by atoms with van der Waals surface area (Å²) in [5.74, 6) is 0.883. The number of pyridine rings is 1. The van der Waals surface area contributed by atoms with Crippen molar-refractivity contribution in [2.24, 2.45) is 4.99 Å². The molecule has 2 N–H and O–H groups in total. The fourth-order valence-electron chi connectivity index (χ4n) is 3.69. The predicted molar refractivity (Wildman–Crippen MR) is 127 cm³/mol. The van der Waals surface area contributed by atoms with Crippen LogP contribution in [-0.4, -0.2) is 48.6 Å². The van der Waals surface area contributed by atoms with Gasteiger partial charge in [0.05, 0.1) is 0 Å². The molecule has 28 heavy (non-hydrogen) atoms. The van der Waals surface area contributed by atoms with Crippen molar-refractivity contribution in [2.75, 3.05) is 26.7 Å². The maximum atomic E-state index is 4.38. The lowest BCUT2D eigenvalue weighted by Gasteiger charge is -2.25. The molecule has 1 unspecified atom stereocenters. The number of aliphatic imine (C=N–C) groups is 1. The molecule has 5 nitrogen and oxygen atoms in total. The largest absolute Gasteiger partial charge is 0.356 e. The quantitative estimate of drug-likeness (QED) is 0.353. The molecule has 2 aromatic rings. The van der Waals surface area contributed by atoms with Crippen molar-refractivity contribution < 1.29 is 0 Å². The number of guanidine groups is 1. The molecular weight excluding hydrogens is 461 g/mol. The van der Waals surface area contributed by atoms with Gasteiger partial charge in [0, 0.05) is 45.1 Å². The van der Waals surface area contributed by atoms with E-state index < -0.39 is 0 Å². The second-order valence-electron chi connectivity index (χ2n) is 7.18. The van der Waals surface area contributed by atoms with Crippen molar-refractivity contribution >= 4 is 29.9 Å². The van der Waals surface area contributed by atoms with E-state index in [1.165, 1.54) is 36.1 Å². The Hall–Kier alpha value is -1.67. The molecule has 1 saturated heterocycles. The van der Waals surface area contributed by atoms with E-state index in [0.717, 1.165) is 32.0 Å². The molecule has 1 aliphatic rings. The number of aryl methyl sites for hydroxylation is 1. The van der Waals surface area contributed by atoms with Crippen LogP contribution in [-0.2, 0) is 13.0 Å². The number of likely N-dealkylation sites (tertiary alicyclic amines) is 1. The fraction of sp³-hybridized carbons (Fsp3) is 0.455. The first kappa shape index (κ1) is 22.6. The minimum Gasteiger partial charge on any atom is -0.356 e. The second-order valence-corrected chi connectivity index (χ2v) is 7.18. The fourth-order valence-corrected chi connectivity index (χ4v) is 3.69. The lowest BCUT2D eigenvalue weighted by Crippen LogP contribution is -2.45. The molecule has 1 fully saturated rings. The van der Waals surface area contributed by atoms with Crippen LogP contribution in [0.4, 0.5) is 0 Å². The molecule has 0 saturated carbocycles. The van der Waals surface area contributed by atoms with E-state index in [0.29, 0.717) is 6.04 Å². The zero-order valence-corrected chi connectivity index (χ0v) is 19.2. The third-order valence-electron chi connectivity index (χ3n) is 5.28. The zero-order valence-electron chi connectivity index (χ0n) is 16.9. The molecule has 6 heteroatoms. The highest BCUT2D eigenvalue weighted by molar-refractivity contribution is 14.0. The van der Waals surface area contributed by atoms with E-state index in [-0.39, 0.29) is 24.0 Å². The zero-order chi connectivity index (χ0) is 18.9. The van der Waals surface area contributed by atoms with E-state index in [9.17, 15) is 0 Å². The van der Waals surface area contributed by atoms with Gasteiger partial charge in [0.2, 0.25) is 0 Å². The Bertz CT molecular complexity index is 735. The van der Waals surface area contributed by atoms with Gasteiger partial charge in [-0.1, -0.05) is 30.3 Å². The number of rotatable bonds is 7. The van der Waals surface area contributed by atoms with E-state index in [2.05, 4.69) is 68.8 Å². The first-order valence-corrected chi connectivity index (χ1v) is 9.88. The molecule has 1 atom stereocenters. The highest BCUT2D eigenvalue weighted by Gasteiger charge is 2.24. The molecule has 0 aliphatic carbocycles. The summed E-state index contributed by atoms with van der Waals surface area (Å²) in [5.41, 5.74) is 3.96. The summed E-state index contributed by atoms with van der Waals surface area (Å²) >= 11 is 0. The average Bonchev–Trinajstić information content (AvgIpc) is 3.13. The van der Waals surface area contributed by atoms with Crippen LogP contribution in [0.5, 0.6) is 0 Å². The molecule has 2 heterocycles. The predicted octanol–water partition coefficient (Wildman–Crippen LogP) is 3.38. The highest BCUT2D eigenvalue weighted by Crippen LogP contribution is 2.19. The Balaban J connectivity index is 0.00000280. The van der Waals surface area contributed by atoms with E-state index in [1.54, 1.807) is 0 Å². The number of hydrogen-bond donors (Lipinski definition) is 2. The molecular formula is C22H32IN5. The Morgan fingerprint density at radius 3 is 2.79 bits per heavy atom. The lowest BCUT2D eigenvalue weighted by molar-refractivity contribution is 0.245. The first-order valence-electron chi connectivity index (χ1n) is 9.88. The topological polar surface area (TPSA) is 52.6 Å². The molecule has 0 bridgehead atoms. The molecule has 1 aromatic heterocycles. The van der Waals surface area contributed by atoms with Crippen LogP contribution in [0.25, 0.3) is 0 Å².